The highest BCUT2D eigenvalue weighted by Crippen LogP contribution is 2.16. The Morgan fingerprint density at radius 2 is 2.25 bits per heavy atom. The monoisotopic (exact) mass is 303 g/mol. The number of nitrogens with one attached hydrogen (secondary N) is 1. The Hall–Kier alpha value is -0.350. The first-order chi connectivity index (χ1) is 7.52. The number of rotatable bonds is 5. The Morgan fingerprint density at radius 1 is 1.56 bits per heavy atom. The van der Waals surface area contributed by atoms with Crippen molar-refractivity contribution in [2.45, 2.75) is 44.5 Å². The molecular formula is C12H18BrNOS. The van der Waals surface area contributed by atoms with Crippen LogP contribution in [0.15, 0.2) is 12.1 Å². The fourth-order valence-electron chi connectivity index (χ4n) is 1.47. The molecule has 0 fully saturated rings. The molecule has 2 nitrogen and oxygen atoms in total. The normalized spacial score (nSPS) is 14.5. The van der Waals surface area contributed by atoms with Crippen LogP contribution in [0, 0.1) is 6.92 Å². The maximum atomic E-state index is 11.6. The third-order valence-electron chi connectivity index (χ3n) is 2.33. The van der Waals surface area contributed by atoms with Crippen LogP contribution in [0.4, 0.5) is 0 Å². The lowest BCUT2D eigenvalue weighted by atomic mass is 10.2. The van der Waals surface area contributed by atoms with Crippen molar-refractivity contribution in [1.29, 1.82) is 0 Å². The molecule has 1 aromatic rings. The number of amides is 1. The third kappa shape index (κ3) is 4.26. The molecule has 90 valence electrons. The molecule has 1 heterocycles. The van der Waals surface area contributed by atoms with Gasteiger partial charge in [0.15, 0.2) is 0 Å². The van der Waals surface area contributed by atoms with Gasteiger partial charge in [-0.2, -0.15) is 0 Å². The minimum atomic E-state index is -0.0694. The van der Waals surface area contributed by atoms with Gasteiger partial charge in [-0.1, -0.05) is 22.9 Å². The molecule has 1 aromatic heterocycles. The van der Waals surface area contributed by atoms with Crippen molar-refractivity contribution < 1.29 is 4.79 Å². The maximum absolute atomic E-state index is 11.6. The molecule has 1 amide bonds. The second kappa shape index (κ2) is 6.40. The maximum Gasteiger partial charge on any atom is 0.233 e. The summed E-state index contributed by atoms with van der Waals surface area (Å²) in [5, 5.41) is 3.01. The first kappa shape index (κ1) is 13.7. The summed E-state index contributed by atoms with van der Waals surface area (Å²) in [6.07, 6.45) is 1.73. The highest BCUT2D eigenvalue weighted by atomic mass is 79.9. The lowest BCUT2D eigenvalue weighted by Gasteiger charge is -2.15. The van der Waals surface area contributed by atoms with Crippen molar-refractivity contribution in [3.8, 4) is 0 Å². The van der Waals surface area contributed by atoms with Gasteiger partial charge in [0, 0.05) is 22.2 Å². The van der Waals surface area contributed by atoms with Crippen molar-refractivity contribution in [2.75, 3.05) is 0 Å². The summed E-state index contributed by atoms with van der Waals surface area (Å²) in [7, 11) is 0. The van der Waals surface area contributed by atoms with Gasteiger partial charge >= 0.3 is 0 Å². The number of carbonyl (C=O) groups excluding carboxylic acids is 1. The van der Waals surface area contributed by atoms with E-state index in [0.29, 0.717) is 0 Å². The van der Waals surface area contributed by atoms with E-state index in [2.05, 4.69) is 40.3 Å². The van der Waals surface area contributed by atoms with Gasteiger partial charge in [0.25, 0.3) is 0 Å². The van der Waals surface area contributed by atoms with Crippen LogP contribution in [0.1, 0.15) is 30.0 Å². The third-order valence-corrected chi connectivity index (χ3v) is 4.42. The van der Waals surface area contributed by atoms with Gasteiger partial charge in [0.2, 0.25) is 5.91 Å². The van der Waals surface area contributed by atoms with Crippen LogP contribution in [-0.4, -0.2) is 16.8 Å². The Balaban J connectivity index is 2.41. The van der Waals surface area contributed by atoms with Gasteiger partial charge < -0.3 is 5.32 Å². The Bertz CT molecular complexity index is 351. The zero-order valence-corrected chi connectivity index (χ0v) is 12.3. The molecule has 16 heavy (non-hydrogen) atoms. The summed E-state index contributed by atoms with van der Waals surface area (Å²) in [5.74, 6) is 0.0864. The van der Waals surface area contributed by atoms with Crippen molar-refractivity contribution in [1.82, 2.24) is 5.32 Å². The van der Waals surface area contributed by atoms with Crippen LogP contribution in [0.25, 0.3) is 0 Å². The fraction of sp³-hybridized carbons (Fsp3) is 0.583. The molecule has 0 bridgehead atoms. The molecule has 0 radical (unpaired) electrons. The molecule has 1 rings (SSSR count). The van der Waals surface area contributed by atoms with E-state index < -0.39 is 0 Å². The lowest BCUT2D eigenvalue weighted by Crippen LogP contribution is -2.38. The van der Waals surface area contributed by atoms with Gasteiger partial charge in [-0.25, -0.2) is 0 Å². The summed E-state index contributed by atoms with van der Waals surface area (Å²) in [6, 6.07) is 4.44. The van der Waals surface area contributed by atoms with Crippen LogP contribution in [0.3, 0.4) is 0 Å². The molecule has 0 spiro atoms. The number of halogens is 1. The van der Waals surface area contributed by atoms with Gasteiger partial charge in [0.1, 0.15) is 0 Å². The van der Waals surface area contributed by atoms with E-state index >= 15 is 0 Å². The van der Waals surface area contributed by atoms with E-state index in [4.69, 9.17) is 0 Å². The molecule has 0 aliphatic heterocycles. The first-order valence-corrected chi connectivity index (χ1v) is 7.26. The van der Waals surface area contributed by atoms with Crippen LogP contribution >= 0.6 is 27.3 Å². The first-order valence-electron chi connectivity index (χ1n) is 5.52. The van der Waals surface area contributed by atoms with Gasteiger partial charge in [-0.15, -0.1) is 11.3 Å². The number of aryl methyl sites for hydroxylation is 1. The van der Waals surface area contributed by atoms with E-state index in [1.54, 1.807) is 11.3 Å². The smallest absolute Gasteiger partial charge is 0.233 e. The quantitative estimate of drug-likeness (QED) is 0.831. The molecule has 0 aliphatic carbocycles. The molecule has 0 saturated carbocycles. The minimum Gasteiger partial charge on any atom is -0.352 e. The molecule has 2 atom stereocenters. The van der Waals surface area contributed by atoms with Crippen LogP contribution < -0.4 is 5.32 Å². The van der Waals surface area contributed by atoms with Crippen molar-refractivity contribution in [3.63, 3.8) is 0 Å². The standard InChI is InChI=1S/C12H18BrNOS/c1-4-11(13)12(15)14-8(2)7-10-6-5-9(3)16-10/h5-6,8,11H,4,7H2,1-3H3,(H,14,15). The lowest BCUT2D eigenvalue weighted by molar-refractivity contribution is -0.121. The topological polar surface area (TPSA) is 29.1 Å². The van der Waals surface area contributed by atoms with E-state index in [9.17, 15) is 4.79 Å². The summed E-state index contributed by atoms with van der Waals surface area (Å²) >= 11 is 5.15. The minimum absolute atomic E-state index is 0.0694. The highest BCUT2D eigenvalue weighted by Gasteiger charge is 2.15. The average molecular weight is 304 g/mol. The zero-order chi connectivity index (χ0) is 12.1. The van der Waals surface area contributed by atoms with Crippen molar-refractivity contribution in [3.05, 3.63) is 21.9 Å². The summed E-state index contributed by atoms with van der Waals surface area (Å²) < 4.78 is 0. The van der Waals surface area contributed by atoms with E-state index in [0.717, 1.165) is 12.8 Å². The van der Waals surface area contributed by atoms with Gasteiger partial charge in [0.05, 0.1) is 4.83 Å². The van der Waals surface area contributed by atoms with E-state index in [1.807, 2.05) is 13.8 Å². The number of hydrogen-bond donors (Lipinski definition) is 1. The number of carbonyl (C=O) groups is 1. The van der Waals surface area contributed by atoms with Gasteiger partial charge in [-0.05, 0) is 32.4 Å². The summed E-state index contributed by atoms with van der Waals surface area (Å²) in [4.78, 5) is 14.2. The summed E-state index contributed by atoms with van der Waals surface area (Å²) in [6.45, 7) is 6.14. The summed E-state index contributed by atoms with van der Waals surface area (Å²) in [5.41, 5.74) is 0. The van der Waals surface area contributed by atoms with Crippen LogP contribution in [-0.2, 0) is 11.2 Å². The Morgan fingerprint density at radius 3 is 2.75 bits per heavy atom. The number of thiophene rings is 1. The van der Waals surface area contributed by atoms with Crippen LogP contribution in [0.5, 0.6) is 0 Å². The van der Waals surface area contributed by atoms with Crippen LogP contribution in [0.2, 0.25) is 0 Å². The van der Waals surface area contributed by atoms with Gasteiger partial charge in [-0.3, -0.25) is 4.79 Å². The van der Waals surface area contributed by atoms with Crippen molar-refractivity contribution >= 4 is 33.2 Å². The molecule has 0 aliphatic rings. The van der Waals surface area contributed by atoms with E-state index in [1.165, 1.54) is 9.75 Å². The largest absolute Gasteiger partial charge is 0.352 e. The van der Waals surface area contributed by atoms with E-state index in [-0.39, 0.29) is 16.8 Å². The number of hydrogen-bond acceptors (Lipinski definition) is 2. The predicted octanol–water partition coefficient (Wildman–Crippen LogP) is 3.28. The SMILES string of the molecule is CCC(Br)C(=O)NC(C)Cc1ccc(C)s1. The predicted molar refractivity (Wildman–Crippen MR) is 73.4 cm³/mol. The molecule has 0 aromatic carbocycles. The molecule has 2 unspecified atom stereocenters. The molecule has 1 N–H and O–H groups in total. The molecule has 0 saturated heterocycles. The Labute approximate surface area is 110 Å². The highest BCUT2D eigenvalue weighted by molar-refractivity contribution is 9.10. The van der Waals surface area contributed by atoms with Crippen molar-refractivity contribution in [2.24, 2.45) is 0 Å². The second-order valence-electron chi connectivity index (χ2n) is 4.00. The number of alkyl halides is 1. The Kier molecular flexibility index (Phi) is 5.49. The average Bonchev–Trinajstić information content (AvgIpc) is 2.62. The zero-order valence-electron chi connectivity index (χ0n) is 9.92. The fourth-order valence-corrected chi connectivity index (χ4v) is 2.62. The molecular weight excluding hydrogens is 286 g/mol. The second-order valence-corrected chi connectivity index (χ2v) is 6.48. The molecule has 4 heteroatoms.